The Bertz CT molecular complexity index is 663. The first-order valence-electron chi connectivity index (χ1n) is 6.23. The summed E-state index contributed by atoms with van der Waals surface area (Å²) in [6.45, 7) is 0.372. The van der Waals surface area contributed by atoms with Crippen LogP contribution in [0.2, 0.25) is 0 Å². The standard InChI is InChI=1S/C14H16N4OS2/c1-20-10-4-2-3-9(7-10)18-14-11(8-15)13(16)12(21-14)5-6-19-17/h2-4,7,18H,5-6,16-17H2,1H3. The summed E-state index contributed by atoms with van der Waals surface area (Å²) in [6, 6.07) is 10.2. The van der Waals surface area contributed by atoms with E-state index in [0.717, 1.165) is 20.5 Å². The quantitative estimate of drug-likeness (QED) is 0.559. The van der Waals surface area contributed by atoms with Crippen molar-refractivity contribution in [1.82, 2.24) is 0 Å². The van der Waals surface area contributed by atoms with Crippen molar-refractivity contribution >= 4 is 39.5 Å². The minimum atomic E-state index is 0.372. The van der Waals surface area contributed by atoms with Gasteiger partial charge in [-0.3, -0.25) is 0 Å². The van der Waals surface area contributed by atoms with E-state index in [9.17, 15) is 5.26 Å². The van der Waals surface area contributed by atoms with Crippen molar-refractivity contribution in [2.75, 3.05) is 23.9 Å². The fraction of sp³-hybridized carbons (Fsp3) is 0.214. The van der Waals surface area contributed by atoms with E-state index < -0.39 is 0 Å². The number of benzene rings is 1. The highest BCUT2D eigenvalue weighted by Crippen LogP contribution is 2.37. The molecular formula is C14H16N4OS2. The Balaban J connectivity index is 2.28. The SMILES string of the molecule is CSc1cccc(Nc2sc(CCON)c(N)c2C#N)c1. The highest BCUT2D eigenvalue weighted by atomic mass is 32.2. The van der Waals surface area contributed by atoms with Gasteiger partial charge >= 0.3 is 0 Å². The first-order chi connectivity index (χ1) is 10.2. The van der Waals surface area contributed by atoms with Gasteiger partial charge in [0.1, 0.15) is 16.6 Å². The highest BCUT2D eigenvalue weighted by molar-refractivity contribution is 7.98. The predicted octanol–water partition coefficient (Wildman–Crippen LogP) is 3.10. The predicted molar refractivity (Wildman–Crippen MR) is 88.8 cm³/mol. The molecule has 5 nitrogen and oxygen atoms in total. The number of nitrogens with two attached hydrogens (primary N) is 2. The minimum absolute atomic E-state index is 0.372. The second-order valence-corrected chi connectivity index (χ2v) is 6.22. The molecule has 0 radical (unpaired) electrons. The smallest absolute Gasteiger partial charge is 0.113 e. The largest absolute Gasteiger partial charge is 0.397 e. The number of nitrogen functional groups attached to an aromatic ring is 1. The number of nitrogens with one attached hydrogen (secondary N) is 1. The summed E-state index contributed by atoms with van der Waals surface area (Å²) in [5.74, 6) is 5.04. The Labute approximate surface area is 131 Å². The van der Waals surface area contributed by atoms with Crippen LogP contribution in [0.25, 0.3) is 0 Å². The van der Waals surface area contributed by atoms with Crippen molar-refractivity contribution in [3.8, 4) is 6.07 Å². The summed E-state index contributed by atoms with van der Waals surface area (Å²) in [5.41, 5.74) is 7.92. The summed E-state index contributed by atoms with van der Waals surface area (Å²) in [5, 5.41) is 13.3. The lowest BCUT2D eigenvalue weighted by atomic mass is 10.2. The first kappa shape index (κ1) is 15.7. The van der Waals surface area contributed by atoms with Crippen molar-refractivity contribution in [3.63, 3.8) is 0 Å². The van der Waals surface area contributed by atoms with Crippen molar-refractivity contribution in [1.29, 1.82) is 5.26 Å². The molecule has 0 amide bonds. The normalized spacial score (nSPS) is 10.3. The van der Waals surface area contributed by atoms with E-state index in [1.165, 1.54) is 11.3 Å². The van der Waals surface area contributed by atoms with Crippen molar-refractivity contribution in [3.05, 3.63) is 34.7 Å². The molecule has 2 rings (SSSR count). The molecule has 0 unspecified atom stereocenters. The molecule has 7 heteroatoms. The van der Waals surface area contributed by atoms with E-state index in [-0.39, 0.29) is 0 Å². The van der Waals surface area contributed by atoms with E-state index in [2.05, 4.69) is 16.2 Å². The van der Waals surface area contributed by atoms with E-state index in [1.54, 1.807) is 11.8 Å². The van der Waals surface area contributed by atoms with Gasteiger partial charge in [-0.05, 0) is 24.5 Å². The number of nitriles is 1. The van der Waals surface area contributed by atoms with E-state index in [4.69, 9.17) is 11.6 Å². The molecule has 0 atom stereocenters. The Kier molecular flexibility index (Phi) is 5.47. The zero-order chi connectivity index (χ0) is 15.2. The van der Waals surface area contributed by atoms with Crippen LogP contribution < -0.4 is 16.9 Å². The Morgan fingerprint density at radius 3 is 2.95 bits per heavy atom. The molecule has 0 fully saturated rings. The molecule has 21 heavy (non-hydrogen) atoms. The molecule has 1 aromatic heterocycles. The molecule has 110 valence electrons. The molecule has 0 bridgehead atoms. The number of anilines is 3. The maximum absolute atomic E-state index is 9.29. The third-order valence-corrected chi connectivity index (χ3v) is 4.81. The van der Waals surface area contributed by atoms with E-state index >= 15 is 0 Å². The van der Waals surface area contributed by atoms with Gasteiger partial charge in [-0.1, -0.05) is 6.07 Å². The van der Waals surface area contributed by atoms with Gasteiger partial charge in [0.15, 0.2) is 0 Å². The van der Waals surface area contributed by atoms with Gasteiger partial charge in [0.25, 0.3) is 0 Å². The molecule has 0 aliphatic rings. The first-order valence-corrected chi connectivity index (χ1v) is 8.27. The van der Waals surface area contributed by atoms with Gasteiger partial charge in [-0.2, -0.15) is 5.26 Å². The maximum atomic E-state index is 9.29. The fourth-order valence-electron chi connectivity index (χ4n) is 1.86. The number of rotatable bonds is 6. The summed E-state index contributed by atoms with van der Waals surface area (Å²) in [4.78, 5) is 6.63. The van der Waals surface area contributed by atoms with Gasteiger partial charge < -0.3 is 15.9 Å². The molecule has 1 heterocycles. The lowest BCUT2D eigenvalue weighted by Crippen LogP contribution is -2.04. The average molecular weight is 320 g/mol. The molecule has 0 spiro atoms. The lowest BCUT2D eigenvalue weighted by molar-refractivity contribution is 0.142. The molecule has 0 aliphatic carbocycles. The second-order valence-electron chi connectivity index (χ2n) is 4.23. The van der Waals surface area contributed by atoms with Gasteiger partial charge in [-0.15, -0.1) is 23.1 Å². The van der Waals surface area contributed by atoms with E-state index in [1.807, 2.05) is 30.5 Å². The third-order valence-electron chi connectivity index (χ3n) is 2.91. The zero-order valence-electron chi connectivity index (χ0n) is 11.6. The summed E-state index contributed by atoms with van der Waals surface area (Å²) >= 11 is 3.12. The van der Waals surface area contributed by atoms with Crippen LogP contribution in [-0.4, -0.2) is 12.9 Å². The number of hydrogen-bond donors (Lipinski definition) is 3. The van der Waals surface area contributed by atoms with Crippen LogP contribution in [-0.2, 0) is 11.3 Å². The second kappa shape index (κ2) is 7.33. The van der Waals surface area contributed by atoms with Crippen LogP contribution >= 0.6 is 23.1 Å². The maximum Gasteiger partial charge on any atom is 0.113 e. The summed E-state index contributed by atoms with van der Waals surface area (Å²) in [6.07, 6.45) is 2.61. The molecule has 2 aromatic rings. The monoisotopic (exact) mass is 320 g/mol. The van der Waals surface area contributed by atoms with Crippen LogP contribution in [0.5, 0.6) is 0 Å². The van der Waals surface area contributed by atoms with Gasteiger partial charge in [0, 0.05) is 21.9 Å². The number of hydrogen-bond acceptors (Lipinski definition) is 7. The topological polar surface area (TPSA) is 97.1 Å². The molecule has 1 aromatic carbocycles. The molecule has 0 saturated heterocycles. The minimum Gasteiger partial charge on any atom is -0.397 e. The average Bonchev–Trinajstić information content (AvgIpc) is 2.80. The lowest BCUT2D eigenvalue weighted by Gasteiger charge is -2.05. The van der Waals surface area contributed by atoms with Crippen molar-refractivity contribution < 1.29 is 4.84 Å². The number of thiophene rings is 1. The Morgan fingerprint density at radius 1 is 1.48 bits per heavy atom. The summed E-state index contributed by atoms with van der Waals surface area (Å²) < 4.78 is 0. The number of nitrogens with zero attached hydrogens (tertiary/aromatic N) is 1. The van der Waals surface area contributed by atoms with Crippen molar-refractivity contribution in [2.45, 2.75) is 11.3 Å². The molecular weight excluding hydrogens is 304 g/mol. The third kappa shape index (κ3) is 3.68. The van der Waals surface area contributed by atoms with Crippen LogP contribution in [0.3, 0.4) is 0 Å². The molecule has 5 N–H and O–H groups in total. The van der Waals surface area contributed by atoms with Gasteiger partial charge in [0.2, 0.25) is 0 Å². The van der Waals surface area contributed by atoms with E-state index in [0.29, 0.717) is 24.3 Å². The number of thioether (sulfide) groups is 1. The van der Waals surface area contributed by atoms with Crippen LogP contribution in [0.4, 0.5) is 16.4 Å². The zero-order valence-corrected chi connectivity index (χ0v) is 13.2. The van der Waals surface area contributed by atoms with Crippen LogP contribution in [0, 0.1) is 11.3 Å². The fourth-order valence-corrected chi connectivity index (χ4v) is 3.39. The van der Waals surface area contributed by atoms with Gasteiger partial charge in [-0.25, -0.2) is 5.90 Å². The van der Waals surface area contributed by atoms with Crippen LogP contribution in [0.1, 0.15) is 10.4 Å². The highest BCUT2D eigenvalue weighted by Gasteiger charge is 2.16. The Morgan fingerprint density at radius 2 is 2.29 bits per heavy atom. The summed E-state index contributed by atoms with van der Waals surface area (Å²) in [7, 11) is 0. The molecule has 0 saturated carbocycles. The van der Waals surface area contributed by atoms with Gasteiger partial charge in [0.05, 0.1) is 12.3 Å². The van der Waals surface area contributed by atoms with Crippen molar-refractivity contribution in [2.24, 2.45) is 5.90 Å². The van der Waals surface area contributed by atoms with Crippen LogP contribution in [0.15, 0.2) is 29.2 Å². The Hall–Kier alpha value is -1.72. The molecule has 0 aliphatic heterocycles.